The summed E-state index contributed by atoms with van der Waals surface area (Å²) in [6.07, 6.45) is 4.97. The van der Waals surface area contributed by atoms with Crippen molar-refractivity contribution in [2.45, 2.75) is 18.9 Å². The number of hydrogen-bond acceptors (Lipinski definition) is 4. The molecule has 1 N–H and O–H groups in total. The lowest BCUT2D eigenvalue weighted by Gasteiger charge is -2.35. The predicted molar refractivity (Wildman–Crippen MR) is 84.3 cm³/mol. The van der Waals surface area contributed by atoms with Gasteiger partial charge in [-0.15, -0.1) is 0 Å². The van der Waals surface area contributed by atoms with Crippen LogP contribution in [0, 0.1) is 17.2 Å². The molecule has 0 radical (unpaired) electrons. The molecule has 2 heterocycles. The lowest BCUT2D eigenvalue weighted by molar-refractivity contribution is 0.0825. The Morgan fingerprint density at radius 3 is 2.50 bits per heavy atom. The van der Waals surface area contributed by atoms with Crippen LogP contribution in [0.1, 0.15) is 30.3 Å². The van der Waals surface area contributed by atoms with Crippen LogP contribution in [0.5, 0.6) is 0 Å². The molecular formula is C17H20N4O. The Hall–Kier alpha value is -2.32. The topological polar surface area (TPSA) is 65.1 Å². The van der Waals surface area contributed by atoms with Crippen LogP contribution in [0.4, 0.5) is 5.69 Å². The van der Waals surface area contributed by atoms with Gasteiger partial charge in [-0.1, -0.05) is 0 Å². The number of aliphatic hydroxyl groups is 1. The van der Waals surface area contributed by atoms with Gasteiger partial charge in [-0.05, 0) is 43.0 Å². The molecule has 1 saturated heterocycles. The van der Waals surface area contributed by atoms with Gasteiger partial charge in [0.25, 0.3) is 0 Å². The summed E-state index contributed by atoms with van der Waals surface area (Å²) in [5, 5.41) is 19.4. The molecule has 1 aromatic carbocycles. The number of hydrogen-bond donors (Lipinski definition) is 1. The zero-order valence-electron chi connectivity index (χ0n) is 12.7. The first kappa shape index (κ1) is 14.6. The number of nitriles is 1. The van der Waals surface area contributed by atoms with Gasteiger partial charge in [-0.3, -0.25) is 0 Å². The highest BCUT2D eigenvalue weighted by atomic mass is 16.3. The summed E-state index contributed by atoms with van der Waals surface area (Å²) in [5.74, 6) is 0.993. The quantitative estimate of drug-likeness (QED) is 0.943. The molecule has 1 aliphatic rings. The average molecular weight is 296 g/mol. The smallest absolute Gasteiger partial charge is 0.137 e. The lowest BCUT2D eigenvalue weighted by atomic mass is 9.90. The second kappa shape index (κ2) is 6.20. The second-order valence-electron chi connectivity index (χ2n) is 5.82. The normalized spacial score (nSPS) is 17.2. The molecule has 1 aliphatic heterocycles. The zero-order chi connectivity index (χ0) is 15.5. The van der Waals surface area contributed by atoms with Crippen molar-refractivity contribution in [2.24, 2.45) is 13.0 Å². The van der Waals surface area contributed by atoms with E-state index in [1.165, 1.54) is 0 Å². The summed E-state index contributed by atoms with van der Waals surface area (Å²) >= 11 is 0. The van der Waals surface area contributed by atoms with Crippen molar-refractivity contribution in [1.29, 1.82) is 5.26 Å². The van der Waals surface area contributed by atoms with Crippen LogP contribution in [0.15, 0.2) is 36.7 Å². The number of aromatic nitrogens is 2. The molecule has 5 nitrogen and oxygen atoms in total. The van der Waals surface area contributed by atoms with E-state index < -0.39 is 6.10 Å². The van der Waals surface area contributed by atoms with E-state index in [-0.39, 0.29) is 5.92 Å². The fourth-order valence-electron chi connectivity index (χ4n) is 3.09. The monoisotopic (exact) mass is 296 g/mol. The van der Waals surface area contributed by atoms with Gasteiger partial charge >= 0.3 is 0 Å². The van der Waals surface area contributed by atoms with Gasteiger partial charge < -0.3 is 14.6 Å². The van der Waals surface area contributed by atoms with Gasteiger partial charge in [0, 0.05) is 38.2 Å². The molecular weight excluding hydrogens is 276 g/mol. The minimum atomic E-state index is -0.497. The van der Waals surface area contributed by atoms with E-state index in [1.807, 2.05) is 42.1 Å². The predicted octanol–water partition coefficient (Wildman–Crippen LogP) is 2.24. The Morgan fingerprint density at radius 1 is 1.27 bits per heavy atom. The molecule has 0 saturated carbocycles. The third kappa shape index (κ3) is 2.83. The van der Waals surface area contributed by atoms with Crippen molar-refractivity contribution >= 4 is 5.69 Å². The Kier molecular flexibility index (Phi) is 4.12. The van der Waals surface area contributed by atoms with E-state index in [2.05, 4.69) is 16.0 Å². The zero-order valence-corrected chi connectivity index (χ0v) is 12.7. The van der Waals surface area contributed by atoms with Crippen LogP contribution in [0.25, 0.3) is 0 Å². The summed E-state index contributed by atoms with van der Waals surface area (Å²) in [6, 6.07) is 9.83. The number of piperidine rings is 1. The van der Waals surface area contributed by atoms with Gasteiger partial charge in [0.05, 0.1) is 11.6 Å². The highest BCUT2D eigenvalue weighted by Crippen LogP contribution is 2.31. The van der Waals surface area contributed by atoms with Crippen molar-refractivity contribution in [3.8, 4) is 6.07 Å². The SMILES string of the molecule is Cn1ccnc1C(O)C1CCN(c2ccc(C#N)cc2)CC1. The van der Waals surface area contributed by atoms with Crippen molar-refractivity contribution in [3.05, 3.63) is 48.0 Å². The first-order valence-corrected chi connectivity index (χ1v) is 7.59. The first-order valence-electron chi connectivity index (χ1n) is 7.59. The molecule has 114 valence electrons. The van der Waals surface area contributed by atoms with Crippen LogP contribution in [-0.2, 0) is 7.05 Å². The lowest BCUT2D eigenvalue weighted by Crippen LogP contribution is -2.36. The molecule has 22 heavy (non-hydrogen) atoms. The maximum Gasteiger partial charge on any atom is 0.137 e. The Labute approximate surface area is 130 Å². The third-order valence-electron chi connectivity index (χ3n) is 4.47. The van der Waals surface area contributed by atoms with Gasteiger partial charge in [-0.2, -0.15) is 5.26 Å². The molecule has 1 unspecified atom stereocenters. The molecule has 1 fully saturated rings. The molecule has 0 spiro atoms. The van der Waals surface area contributed by atoms with Crippen LogP contribution >= 0.6 is 0 Å². The molecule has 5 heteroatoms. The average Bonchev–Trinajstić information content (AvgIpc) is 3.00. The number of anilines is 1. The number of imidazole rings is 1. The molecule has 2 aromatic rings. The summed E-state index contributed by atoms with van der Waals surface area (Å²) in [7, 11) is 1.91. The van der Waals surface area contributed by atoms with E-state index in [0.717, 1.165) is 37.4 Å². The number of aliphatic hydroxyl groups excluding tert-OH is 1. The number of benzene rings is 1. The van der Waals surface area contributed by atoms with E-state index in [1.54, 1.807) is 6.20 Å². The Morgan fingerprint density at radius 2 is 1.95 bits per heavy atom. The minimum Gasteiger partial charge on any atom is -0.385 e. The Balaban J connectivity index is 1.62. The van der Waals surface area contributed by atoms with Crippen LogP contribution in [-0.4, -0.2) is 27.7 Å². The van der Waals surface area contributed by atoms with Crippen LogP contribution in [0.2, 0.25) is 0 Å². The standard InChI is InChI=1S/C17H20N4O/c1-20-11-8-19-17(20)16(22)14-6-9-21(10-7-14)15-4-2-13(12-18)3-5-15/h2-5,8,11,14,16,22H,6-7,9-10H2,1H3. The molecule has 3 rings (SSSR count). The molecule has 0 aliphatic carbocycles. The largest absolute Gasteiger partial charge is 0.385 e. The van der Waals surface area contributed by atoms with E-state index in [9.17, 15) is 5.11 Å². The van der Waals surface area contributed by atoms with E-state index in [4.69, 9.17) is 5.26 Å². The van der Waals surface area contributed by atoms with Gasteiger partial charge in [0.1, 0.15) is 11.9 Å². The first-order chi connectivity index (χ1) is 10.7. The number of aryl methyl sites for hydroxylation is 1. The number of nitrogens with zero attached hydrogens (tertiary/aromatic N) is 4. The summed E-state index contributed by atoms with van der Waals surface area (Å²) in [4.78, 5) is 6.56. The third-order valence-corrected chi connectivity index (χ3v) is 4.47. The van der Waals surface area contributed by atoms with Crippen LogP contribution < -0.4 is 4.90 Å². The van der Waals surface area contributed by atoms with Gasteiger partial charge in [0.15, 0.2) is 0 Å². The summed E-state index contributed by atoms with van der Waals surface area (Å²) in [5.41, 5.74) is 1.83. The fraction of sp³-hybridized carbons (Fsp3) is 0.412. The molecule has 0 bridgehead atoms. The van der Waals surface area contributed by atoms with Crippen molar-refractivity contribution < 1.29 is 5.11 Å². The highest BCUT2D eigenvalue weighted by molar-refractivity contribution is 5.49. The second-order valence-corrected chi connectivity index (χ2v) is 5.82. The van der Waals surface area contributed by atoms with E-state index >= 15 is 0 Å². The Bertz CT molecular complexity index is 663. The van der Waals surface area contributed by atoms with Crippen LogP contribution in [0.3, 0.4) is 0 Å². The van der Waals surface area contributed by atoms with Gasteiger partial charge in [-0.25, -0.2) is 4.98 Å². The van der Waals surface area contributed by atoms with E-state index in [0.29, 0.717) is 5.56 Å². The molecule has 1 atom stereocenters. The summed E-state index contributed by atoms with van der Waals surface area (Å²) < 4.78 is 1.89. The van der Waals surface area contributed by atoms with Crippen molar-refractivity contribution in [1.82, 2.24) is 9.55 Å². The van der Waals surface area contributed by atoms with Crippen molar-refractivity contribution in [3.63, 3.8) is 0 Å². The summed E-state index contributed by atoms with van der Waals surface area (Å²) in [6.45, 7) is 1.83. The number of rotatable bonds is 3. The van der Waals surface area contributed by atoms with Gasteiger partial charge in [0.2, 0.25) is 0 Å². The highest BCUT2D eigenvalue weighted by Gasteiger charge is 2.28. The maximum absolute atomic E-state index is 10.5. The fourth-order valence-corrected chi connectivity index (χ4v) is 3.09. The molecule has 0 amide bonds. The van der Waals surface area contributed by atoms with Crippen molar-refractivity contribution in [2.75, 3.05) is 18.0 Å². The minimum absolute atomic E-state index is 0.246. The maximum atomic E-state index is 10.5. The molecule has 1 aromatic heterocycles.